The highest BCUT2D eigenvalue weighted by molar-refractivity contribution is 5.87. The van der Waals surface area contributed by atoms with E-state index < -0.39 is 5.82 Å². The number of carbonyl (C=O) groups excluding carboxylic acids is 1. The lowest BCUT2D eigenvalue weighted by atomic mass is 9.92. The number of amides is 1. The molecule has 4 N–H and O–H groups in total. The highest BCUT2D eigenvalue weighted by atomic mass is 19.1. The van der Waals surface area contributed by atoms with Crippen molar-refractivity contribution in [3.63, 3.8) is 0 Å². The molecule has 1 fully saturated rings. The molecule has 0 radical (unpaired) electrons. The van der Waals surface area contributed by atoms with Crippen molar-refractivity contribution in [1.29, 1.82) is 0 Å². The molecule has 0 spiro atoms. The topological polar surface area (TPSA) is 121 Å². The quantitative estimate of drug-likeness (QED) is 0.412. The number of aryl methyl sites for hydroxylation is 1. The number of anilines is 1. The van der Waals surface area contributed by atoms with Gasteiger partial charge in [0.05, 0.1) is 38.6 Å². The molecule has 1 saturated heterocycles. The van der Waals surface area contributed by atoms with Crippen molar-refractivity contribution in [2.75, 3.05) is 32.8 Å². The fourth-order valence-electron chi connectivity index (χ4n) is 4.40. The molecule has 3 rings (SSSR count). The number of aromatic nitrogens is 2. The molecule has 2 aromatic rings. The van der Waals surface area contributed by atoms with E-state index in [0.29, 0.717) is 48.9 Å². The Morgan fingerprint density at radius 2 is 2.05 bits per heavy atom. The van der Waals surface area contributed by atoms with Crippen LogP contribution in [0.2, 0.25) is 0 Å². The van der Waals surface area contributed by atoms with Crippen molar-refractivity contribution in [2.24, 2.45) is 5.73 Å². The lowest BCUT2D eigenvalue weighted by Gasteiger charge is -2.32. The molecular formula is C27H36FN5O4. The maximum absolute atomic E-state index is 15.4. The number of hydrogen-bond acceptors (Lipinski definition) is 8. The monoisotopic (exact) mass is 513 g/mol. The number of ether oxygens (including phenoxy) is 3. The molecular weight excluding hydrogens is 477 g/mol. The van der Waals surface area contributed by atoms with Crippen molar-refractivity contribution < 1.29 is 23.4 Å². The molecule has 1 amide bonds. The van der Waals surface area contributed by atoms with Gasteiger partial charge in [0.2, 0.25) is 11.9 Å². The van der Waals surface area contributed by atoms with Crippen LogP contribution >= 0.6 is 0 Å². The highest BCUT2D eigenvalue weighted by Gasteiger charge is 2.28. The number of benzene rings is 1. The summed E-state index contributed by atoms with van der Waals surface area (Å²) in [4.78, 5) is 20.9. The zero-order valence-electron chi connectivity index (χ0n) is 22.1. The molecule has 1 aliphatic heterocycles. The largest absolute Gasteiger partial charge is 0.496 e. The molecule has 0 saturated carbocycles. The maximum atomic E-state index is 15.4. The Bertz CT molecular complexity index is 1170. The molecule has 2 heterocycles. The van der Waals surface area contributed by atoms with E-state index in [9.17, 15) is 4.79 Å². The normalized spacial score (nSPS) is 17.9. The van der Waals surface area contributed by atoms with Gasteiger partial charge in [-0.25, -0.2) is 14.4 Å². The number of rotatable bonds is 10. The van der Waals surface area contributed by atoms with E-state index in [1.54, 1.807) is 12.3 Å². The van der Waals surface area contributed by atoms with Gasteiger partial charge in [-0.05, 0) is 30.9 Å². The van der Waals surface area contributed by atoms with Crippen molar-refractivity contribution >= 4 is 23.6 Å². The number of hydrogen-bond donors (Lipinski definition) is 3. The Hall–Kier alpha value is -3.66. The number of carbonyl (C=O) groups is 1. The van der Waals surface area contributed by atoms with E-state index in [-0.39, 0.29) is 40.9 Å². The van der Waals surface area contributed by atoms with Gasteiger partial charge in [0, 0.05) is 41.3 Å². The number of nitrogens with two attached hydrogens (primary N) is 1. The SMILES string of the molecule is C=CC(=O)N[C@H]1CCOC[C@H]1Nc1ncc(/C=C(\N)c2c(F)c(OC)cc(OC)c2C(C)C)c(CC)n1. The summed E-state index contributed by atoms with van der Waals surface area (Å²) in [6.45, 7) is 10.3. The second-order valence-corrected chi connectivity index (χ2v) is 9.02. The van der Waals surface area contributed by atoms with Gasteiger partial charge in [0.15, 0.2) is 11.6 Å². The average Bonchev–Trinajstić information content (AvgIpc) is 2.89. The first kappa shape index (κ1) is 27.9. The standard InChI is InChI=1S/C27H36FN5O4/c1-7-18-16(11-17(29)25-24(15(3)4)21(35-5)12-22(36-6)26(25)28)13-30-27(32-18)33-20-14-37-10-9-19(20)31-23(34)8-2/h8,11-13,15,19-20H,2,7,9-10,14,29H2,1,3-6H3,(H,31,34)(H,30,32,33)/b17-11-/t19-,20+/m0/s1. The lowest BCUT2D eigenvalue weighted by molar-refractivity contribution is -0.117. The molecule has 0 unspecified atom stereocenters. The summed E-state index contributed by atoms with van der Waals surface area (Å²) in [5.41, 5.74) is 8.96. The molecule has 0 aliphatic carbocycles. The Balaban J connectivity index is 1.96. The Morgan fingerprint density at radius 3 is 2.68 bits per heavy atom. The van der Waals surface area contributed by atoms with Crippen molar-refractivity contribution in [3.05, 3.63) is 53.1 Å². The molecule has 1 aromatic heterocycles. The first-order valence-corrected chi connectivity index (χ1v) is 12.3. The fraction of sp³-hybridized carbons (Fsp3) is 0.444. The van der Waals surface area contributed by atoms with Gasteiger partial charge in [-0.15, -0.1) is 0 Å². The molecule has 2 atom stereocenters. The average molecular weight is 514 g/mol. The zero-order chi connectivity index (χ0) is 27.1. The summed E-state index contributed by atoms with van der Waals surface area (Å²) in [5.74, 6) is 0.0942. The number of methoxy groups -OCH3 is 2. The molecule has 9 nitrogen and oxygen atoms in total. The van der Waals surface area contributed by atoms with Gasteiger partial charge in [-0.3, -0.25) is 4.79 Å². The lowest BCUT2D eigenvalue weighted by Crippen LogP contribution is -2.52. The summed E-state index contributed by atoms with van der Waals surface area (Å²) in [7, 11) is 2.93. The van der Waals surface area contributed by atoms with Crippen LogP contribution in [0.25, 0.3) is 11.8 Å². The van der Waals surface area contributed by atoms with Gasteiger partial charge in [-0.1, -0.05) is 27.4 Å². The summed E-state index contributed by atoms with van der Waals surface area (Å²) < 4.78 is 31.8. The second kappa shape index (κ2) is 12.5. The minimum atomic E-state index is -0.553. The predicted octanol–water partition coefficient (Wildman–Crippen LogP) is 3.65. The molecule has 1 aromatic carbocycles. The van der Waals surface area contributed by atoms with E-state index in [2.05, 4.69) is 27.2 Å². The highest BCUT2D eigenvalue weighted by Crippen LogP contribution is 2.39. The minimum Gasteiger partial charge on any atom is -0.496 e. The predicted molar refractivity (Wildman–Crippen MR) is 142 cm³/mol. The first-order valence-electron chi connectivity index (χ1n) is 12.3. The smallest absolute Gasteiger partial charge is 0.243 e. The van der Waals surface area contributed by atoms with Gasteiger partial charge in [-0.2, -0.15) is 0 Å². The summed E-state index contributed by atoms with van der Waals surface area (Å²) >= 11 is 0. The van der Waals surface area contributed by atoms with E-state index in [0.717, 1.165) is 5.69 Å². The Labute approximate surface area is 217 Å². The van der Waals surface area contributed by atoms with Gasteiger partial charge in [0.25, 0.3) is 0 Å². The third-order valence-electron chi connectivity index (χ3n) is 6.27. The molecule has 37 heavy (non-hydrogen) atoms. The first-order chi connectivity index (χ1) is 17.7. The third-order valence-corrected chi connectivity index (χ3v) is 6.27. The van der Waals surface area contributed by atoms with Crippen LogP contribution in [0.15, 0.2) is 24.9 Å². The van der Waals surface area contributed by atoms with Crippen LogP contribution in [0, 0.1) is 5.82 Å². The summed E-state index contributed by atoms with van der Waals surface area (Å²) in [5, 5.41) is 6.19. The summed E-state index contributed by atoms with van der Waals surface area (Å²) in [6, 6.07) is 1.17. The molecule has 200 valence electrons. The number of nitrogens with one attached hydrogen (secondary N) is 2. The van der Waals surface area contributed by atoms with E-state index in [1.807, 2.05) is 20.8 Å². The minimum absolute atomic E-state index is 0.0481. The van der Waals surface area contributed by atoms with Gasteiger partial charge in [0.1, 0.15) is 5.75 Å². The van der Waals surface area contributed by atoms with Crippen LogP contribution in [0.1, 0.15) is 55.5 Å². The third kappa shape index (κ3) is 6.37. The van der Waals surface area contributed by atoms with Crippen molar-refractivity contribution in [1.82, 2.24) is 15.3 Å². The Morgan fingerprint density at radius 1 is 1.32 bits per heavy atom. The van der Waals surface area contributed by atoms with Crippen LogP contribution in [0.3, 0.4) is 0 Å². The van der Waals surface area contributed by atoms with Crippen molar-refractivity contribution in [2.45, 2.75) is 51.6 Å². The maximum Gasteiger partial charge on any atom is 0.243 e. The fourth-order valence-corrected chi connectivity index (χ4v) is 4.40. The van der Waals surface area contributed by atoms with E-state index in [1.165, 1.54) is 26.4 Å². The second-order valence-electron chi connectivity index (χ2n) is 9.02. The summed E-state index contributed by atoms with van der Waals surface area (Å²) in [6.07, 6.45) is 5.81. The molecule has 1 aliphatic rings. The van der Waals surface area contributed by atoms with Crippen LogP contribution in [0.5, 0.6) is 11.5 Å². The number of halogens is 1. The Kier molecular flexibility index (Phi) is 9.46. The zero-order valence-corrected chi connectivity index (χ0v) is 22.1. The van der Waals surface area contributed by atoms with E-state index >= 15 is 4.39 Å². The molecule has 0 bridgehead atoms. The van der Waals surface area contributed by atoms with Crippen molar-refractivity contribution in [3.8, 4) is 11.5 Å². The van der Waals surface area contributed by atoms with Crippen LogP contribution in [-0.2, 0) is 16.0 Å². The van der Waals surface area contributed by atoms with E-state index in [4.69, 9.17) is 19.9 Å². The van der Waals surface area contributed by atoms with Crippen LogP contribution < -0.4 is 25.8 Å². The van der Waals surface area contributed by atoms with Crippen LogP contribution in [-0.4, -0.2) is 55.4 Å². The molecule has 10 heteroatoms. The van der Waals surface area contributed by atoms with Gasteiger partial charge >= 0.3 is 0 Å². The van der Waals surface area contributed by atoms with Crippen LogP contribution in [0.4, 0.5) is 10.3 Å². The number of nitrogens with zero attached hydrogens (tertiary/aromatic N) is 2. The van der Waals surface area contributed by atoms with Gasteiger partial charge < -0.3 is 30.6 Å².